The van der Waals surface area contributed by atoms with Gasteiger partial charge in [-0.2, -0.15) is 10.2 Å². The lowest BCUT2D eigenvalue weighted by molar-refractivity contribution is 0.202. The number of thiazole rings is 1. The first-order valence-electron chi connectivity index (χ1n) is 4.07. The van der Waals surface area contributed by atoms with Gasteiger partial charge in [-0.05, 0) is 13.8 Å². The van der Waals surface area contributed by atoms with Gasteiger partial charge in [-0.3, -0.25) is 0 Å². The second-order valence-electron chi connectivity index (χ2n) is 2.97. The Morgan fingerprint density at radius 2 is 2.36 bits per heavy atom. The highest BCUT2D eigenvalue weighted by atomic mass is 32.1. The Bertz CT molecular complexity index is 519. The molecule has 14 heavy (non-hydrogen) atoms. The van der Waals surface area contributed by atoms with Crippen molar-refractivity contribution < 1.29 is 5.11 Å². The van der Waals surface area contributed by atoms with Crippen LogP contribution in [0.3, 0.4) is 0 Å². The molecule has 0 radical (unpaired) electrons. The highest BCUT2D eigenvalue weighted by Gasteiger charge is 2.15. The van der Waals surface area contributed by atoms with E-state index in [1.807, 2.05) is 13.0 Å². The standard InChI is InChI=1S/C8H8N4OS/c1-4-7(5(2)13)14-8-10-6(3-9)11-12(4)8/h5,13H,1-2H3. The zero-order valence-electron chi connectivity index (χ0n) is 7.72. The molecule has 1 unspecified atom stereocenters. The van der Waals surface area contributed by atoms with Gasteiger partial charge in [0.2, 0.25) is 4.96 Å². The normalized spacial score (nSPS) is 13.0. The van der Waals surface area contributed by atoms with E-state index in [1.165, 1.54) is 11.3 Å². The number of fused-ring (bicyclic) bond motifs is 1. The van der Waals surface area contributed by atoms with Gasteiger partial charge in [0, 0.05) is 0 Å². The molecular formula is C8H8N4OS. The van der Waals surface area contributed by atoms with E-state index in [1.54, 1.807) is 11.4 Å². The molecule has 2 aromatic heterocycles. The van der Waals surface area contributed by atoms with Crippen LogP contribution in [0.1, 0.15) is 29.4 Å². The van der Waals surface area contributed by atoms with E-state index in [-0.39, 0.29) is 5.82 Å². The average Bonchev–Trinajstić information content (AvgIpc) is 2.65. The number of hydrogen-bond donors (Lipinski definition) is 1. The third kappa shape index (κ3) is 1.18. The first-order valence-corrected chi connectivity index (χ1v) is 4.89. The van der Waals surface area contributed by atoms with Crippen LogP contribution in [0.15, 0.2) is 0 Å². The number of nitriles is 1. The molecular weight excluding hydrogens is 200 g/mol. The molecule has 6 heteroatoms. The number of aliphatic hydroxyl groups excluding tert-OH is 1. The van der Waals surface area contributed by atoms with Crippen molar-refractivity contribution in [2.24, 2.45) is 0 Å². The minimum atomic E-state index is -0.519. The molecule has 5 nitrogen and oxygen atoms in total. The van der Waals surface area contributed by atoms with Crippen LogP contribution in [0, 0.1) is 18.3 Å². The van der Waals surface area contributed by atoms with Crippen molar-refractivity contribution in [3.63, 3.8) is 0 Å². The van der Waals surface area contributed by atoms with Crippen molar-refractivity contribution in [1.29, 1.82) is 5.26 Å². The third-order valence-corrected chi connectivity index (χ3v) is 3.24. The Morgan fingerprint density at radius 1 is 1.64 bits per heavy atom. The van der Waals surface area contributed by atoms with Crippen LogP contribution in [-0.4, -0.2) is 19.7 Å². The smallest absolute Gasteiger partial charge is 0.253 e. The lowest BCUT2D eigenvalue weighted by Gasteiger charge is -1.99. The Kier molecular flexibility index (Phi) is 1.98. The maximum absolute atomic E-state index is 9.43. The summed E-state index contributed by atoms with van der Waals surface area (Å²) in [5.41, 5.74) is 0.842. The molecule has 0 saturated carbocycles. The summed E-state index contributed by atoms with van der Waals surface area (Å²) in [5.74, 6) is 0.163. The van der Waals surface area contributed by atoms with Gasteiger partial charge in [0.1, 0.15) is 6.07 Å². The van der Waals surface area contributed by atoms with Gasteiger partial charge in [0.25, 0.3) is 5.82 Å². The molecule has 2 heterocycles. The molecule has 0 amide bonds. The fraction of sp³-hybridized carbons (Fsp3) is 0.375. The van der Waals surface area contributed by atoms with Crippen LogP contribution in [-0.2, 0) is 0 Å². The molecule has 0 bridgehead atoms. The van der Waals surface area contributed by atoms with Gasteiger partial charge in [-0.25, -0.2) is 4.52 Å². The first-order chi connectivity index (χ1) is 6.63. The fourth-order valence-corrected chi connectivity index (χ4v) is 2.29. The van der Waals surface area contributed by atoms with Crippen molar-refractivity contribution >= 4 is 16.3 Å². The van der Waals surface area contributed by atoms with E-state index in [9.17, 15) is 5.11 Å². The van der Waals surface area contributed by atoms with E-state index in [0.717, 1.165) is 10.6 Å². The zero-order valence-corrected chi connectivity index (χ0v) is 8.54. The molecule has 0 spiro atoms. The number of aromatic nitrogens is 3. The highest BCUT2D eigenvalue weighted by molar-refractivity contribution is 7.17. The van der Waals surface area contributed by atoms with E-state index >= 15 is 0 Å². The molecule has 2 aromatic rings. The van der Waals surface area contributed by atoms with Crippen LogP contribution >= 0.6 is 11.3 Å². The van der Waals surface area contributed by atoms with Crippen LogP contribution in [0.25, 0.3) is 4.96 Å². The van der Waals surface area contributed by atoms with Gasteiger partial charge >= 0.3 is 0 Å². The highest BCUT2D eigenvalue weighted by Crippen LogP contribution is 2.26. The molecule has 0 saturated heterocycles. The molecule has 2 rings (SSSR count). The van der Waals surface area contributed by atoms with Crippen molar-refractivity contribution in [2.45, 2.75) is 20.0 Å². The summed E-state index contributed by atoms with van der Waals surface area (Å²) >= 11 is 1.36. The molecule has 1 atom stereocenters. The lowest BCUT2D eigenvalue weighted by atomic mass is 10.3. The molecule has 1 N–H and O–H groups in total. The van der Waals surface area contributed by atoms with Gasteiger partial charge < -0.3 is 5.11 Å². The summed E-state index contributed by atoms with van der Waals surface area (Å²) in [6.45, 7) is 3.55. The zero-order chi connectivity index (χ0) is 10.3. The van der Waals surface area contributed by atoms with Crippen LogP contribution in [0.4, 0.5) is 0 Å². The molecule has 0 fully saturated rings. The van der Waals surface area contributed by atoms with Crippen molar-refractivity contribution in [3.05, 3.63) is 16.4 Å². The molecule has 0 aromatic carbocycles. The minimum Gasteiger partial charge on any atom is -0.388 e. The summed E-state index contributed by atoms with van der Waals surface area (Å²) in [5, 5.41) is 22.0. The van der Waals surface area contributed by atoms with E-state index in [2.05, 4.69) is 10.1 Å². The SMILES string of the molecule is Cc1c(C(C)O)sc2nc(C#N)nn12. The van der Waals surface area contributed by atoms with Gasteiger partial charge in [-0.1, -0.05) is 11.3 Å². The summed E-state index contributed by atoms with van der Waals surface area (Å²) < 4.78 is 1.59. The molecule has 0 aliphatic rings. The molecule has 0 aliphatic heterocycles. The molecule has 72 valence electrons. The van der Waals surface area contributed by atoms with Gasteiger partial charge in [-0.15, -0.1) is 5.10 Å². The fourth-order valence-electron chi connectivity index (χ4n) is 1.29. The maximum atomic E-state index is 9.43. The number of rotatable bonds is 1. The topological polar surface area (TPSA) is 74.2 Å². The average molecular weight is 208 g/mol. The van der Waals surface area contributed by atoms with E-state index in [4.69, 9.17) is 5.26 Å². The third-order valence-electron chi connectivity index (χ3n) is 1.93. The van der Waals surface area contributed by atoms with Crippen LogP contribution < -0.4 is 0 Å². The van der Waals surface area contributed by atoms with Crippen molar-refractivity contribution in [2.75, 3.05) is 0 Å². The number of hydrogen-bond acceptors (Lipinski definition) is 5. The first kappa shape index (κ1) is 9.12. The van der Waals surface area contributed by atoms with Crippen molar-refractivity contribution in [1.82, 2.24) is 14.6 Å². The lowest BCUT2D eigenvalue weighted by Crippen LogP contribution is -1.94. The van der Waals surface area contributed by atoms with Crippen molar-refractivity contribution in [3.8, 4) is 6.07 Å². The number of nitrogens with zero attached hydrogens (tertiary/aromatic N) is 4. The van der Waals surface area contributed by atoms with Gasteiger partial charge in [0.05, 0.1) is 16.7 Å². The largest absolute Gasteiger partial charge is 0.388 e. The number of aliphatic hydroxyl groups is 1. The quantitative estimate of drug-likeness (QED) is 0.759. The summed E-state index contributed by atoms with van der Waals surface area (Å²) in [7, 11) is 0. The predicted octanol–water partition coefficient (Wildman–Crippen LogP) is 1.02. The monoisotopic (exact) mass is 208 g/mol. The Labute approximate surface area is 84.2 Å². The van der Waals surface area contributed by atoms with Crippen LogP contribution in [0.2, 0.25) is 0 Å². The summed E-state index contributed by atoms with van der Waals surface area (Å²) in [6, 6.07) is 1.88. The Morgan fingerprint density at radius 3 is 2.86 bits per heavy atom. The van der Waals surface area contributed by atoms with E-state index in [0.29, 0.717) is 4.96 Å². The summed E-state index contributed by atoms with van der Waals surface area (Å²) in [6.07, 6.45) is -0.519. The van der Waals surface area contributed by atoms with E-state index < -0.39 is 6.10 Å². The second-order valence-corrected chi connectivity index (χ2v) is 3.98. The second kappa shape index (κ2) is 3.04. The van der Waals surface area contributed by atoms with Crippen LogP contribution in [0.5, 0.6) is 0 Å². The molecule has 0 aliphatic carbocycles. The van der Waals surface area contributed by atoms with Gasteiger partial charge in [0.15, 0.2) is 0 Å². The summed E-state index contributed by atoms with van der Waals surface area (Å²) in [4.78, 5) is 5.48. The minimum absolute atomic E-state index is 0.163. The maximum Gasteiger partial charge on any atom is 0.253 e. The predicted molar refractivity (Wildman–Crippen MR) is 50.9 cm³/mol. The Balaban J connectivity index is 2.68. The Hall–Kier alpha value is -1.45. The number of aryl methyl sites for hydroxylation is 1.